The van der Waals surface area contributed by atoms with Crippen molar-refractivity contribution in [3.8, 4) is 0 Å². The number of hydrogen-bond acceptors (Lipinski definition) is 5. The van der Waals surface area contributed by atoms with Gasteiger partial charge in [-0.25, -0.2) is 0 Å². The Balaban J connectivity index is 2.50. The lowest BCUT2D eigenvalue weighted by Crippen LogP contribution is -2.55. The zero-order chi connectivity index (χ0) is 11.4. The Morgan fingerprint density at radius 2 is 2.00 bits per heavy atom. The number of rotatable bonds is 0. The molecule has 5 heteroatoms. The summed E-state index contributed by atoms with van der Waals surface area (Å²) >= 11 is 0. The molecule has 5 nitrogen and oxygen atoms in total. The highest BCUT2D eigenvalue weighted by atomic mass is 16.6. The van der Waals surface area contributed by atoms with Crippen LogP contribution in [0.3, 0.4) is 0 Å². The molecule has 0 saturated heterocycles. The molecule has 1 heterocycles. The molecule has 0 aromatic rings. The largest absolute Gasteiger partial charge is 0.472 e. The molecule has 2 aliphatic rings. The normalized spacial score (nSPS) is 54.5. The van der Waals surface area contributed by atoms with Crippen LogP contribution >= 0.6 is 0 Å². The minimum atomic E-state index is -1.60. The number of hydrogen-bond donors (Lipinski definition) is 4. The topological polar surface area (TPSA) is 90.2 Å². The molecule has 2 rings (SSSR count). The van der Waals surface area contributed by atoms with Gasteiger partial charge >= 0.3 is 0 Å². The summed E-state index contributed by atoms with van der Waals surface area (Å²) in [5.41, 5.74) is -2.52. The van der Waals surface area contributed by atoms with Gasteiger partial charge in [0.25, 0.3) is 0 Å². The van der Waals surface area contributed by atoms with Crippen molar-refractivity contribution in [1.29, 1.82) is 0 Å². The molecular weight excluding hydrogens is 200 g/mol. The van der Waals surface area contributed by atoms with E-state index in [4.69, 9.17) is 4.74 Å². The van der Waals surface area contributed by atoms with Crippen LogP contribution in [0.25, 0.3) is 0 Å². The van der Waals surface area contributed by atoms with Crippen LogP contribution in [0.4, 0.5) is 0 Å². The van der Waals surface area contributed by atoms with Crippen molar-refractivity contribution in [2.75, 3.05) is 0 Å². The van der Waals surface area contributed by atoms with E-state index in [-0.39, 0.29) is 6.42 Å². The van der Waals surface area contributed by atoms with Crippen LogP contribution in [0.2, 0.25) is 0 Å². The van der Waals surface area contributed by atoms with Gasteiger partial charge in [-0.1, -0.05) is 0 Å². The van der Waals surface area contributed by atoms with Crippen molar-refractivity contribution < 1.29 is 25.2 Å². The third-order valence-electron chi connectivity index (χ3n) is 3.56. The van der Waals surface area contributed by atoms with Crippen molar-refractivity contribution >= 4 is 0 Å². The number of aliphatic hydroxyl groups is 4. The monoisotopic (exact) mass is 216 g/mol. The fraction of sp³-hybridized carbons (Fsp3) is 0.800. The summed E-state index contributed by atoms with van der Waals surface area (Å²) in [6.45, 7) is 3.08. The molecule has 0 amide bonds. The predicted octanol–water partition coefficient (Wildman–Crippen LogP) is -0.898. The van der Waals surface area contributed by atoms with E-state index in [9.17, 15) is 20.4 Å². The molecule has 1 fully saturated rings. The Morgan fingerprint density at radius 3 is 2.53 bits per heavy atom. The van der Waals surface area contributed by atoms with Gasteiger partial charge in [-0.3, -0.25) is 0 Å². The van der Waals surface area contributed by atoms with Gasteiger partial charge in [0.05, 0.1) is 23.9 Å². The molecule has 0 radical (unpaired) electrons. The number of aliphatic hydroxyl groups excluding tert-OH is 2. The van der Waals surface area contributed by atoms with E-state index in [0.29, 0.717) is 5.57 Å². The summed E-state index contributed by atoms with van der Waals surface area (Å²) in [7, 11) is 0. The van der Waals surface area contributed by atoms with Crippen LogP contribution in [-0.4, -0.2) is 44.0 Å². The van der Waals surface area contributed by atoms with Crippen molar-refractivity contribution in [2.24, 2.45) is 5.92 Å². The van der Waals surface area contributed by atoms with Gasteiger partial charge in [0.1, 0.15) is 5.60 Å². The molecule has 0 unspecified atom stereocenters. The second kappa shape index (κ2) is 2.95. The molecular formula is C10H16O5. The fourth-order valence-corrected chi connectivity index (χ4v) is 2.73. The van der Waals surface area contributed by atoms with E-state index in [0.717, 1.165) is 0 Å². The van der Waals surface area contributed by atoms with E-state index < -0.39 is 29.5 Å². The van der Waals surface area contributed by atoms with E-state index in [1.165, 1.54) is 13.2 Å². The maximum atomic E-state index is 10.3. The van der Waals surface area contributed by atoms with Gasteiger partial charge in [0.2, 0.25) is 6.29 Å². The maximum absolute atomic E-state index is 10.3. The summed E-state index contributed by atoms with van der Waals surface area (Å²) in [5.74, 6) is -0.926. The average Bonchev–Trinajstić information content (AvgIpc) is 2.28. The SMILES string of the molecule is CC1=CO[C@@H](O)[C@H]2[C@]1(O)[C@H](O)C[C@]2(C)O. The first-order chi connectivity index (χ1) is 6.80. The highest BCUT2D eigenvalue weighted by Gasteiger charge is 2.64. The van der Waals surface area contributed by atoms with Crippen LogP contribution in [-0.2, 0) is 4.74 Å². The summed E-state index contributed by atoms with van der Waals surface area (Å²) in [6, 6.07) is 0. The Kier molecular flexibility index (Phi) is 2.14. The van der Waals surface area contributed by atoms with Crippen LogP contribution in [0.5, 0.6) is 0 Å². The molecule has 86 valence electrons. The second-order valence-corrected chi connectivity index (χ2v) is 4.71. The Labute approximate surface area is 87.6 Å². The molecule has 4 N–H and O–H groups in total. The van der Waals surface area contributed by atoms with Crippen molar-refractivity contribution in [1.82, 2.24) is 0 Å². The van der Waals surface area contributed by atoms with Gasteiger partial charge in [-0.05, 0) is 19.4 Å². The van der Waals surface area contributed by atoms with Gasteiger partial charge in [0.15, 0.2) is 0 Å². The van der Waals surface area contributed by atoms with E-state index in [1.807, 2.05) is 0 Å². The van der Waals surface area contributed by atoms with Gasteiger partial charge in [0, 0.05) is 6.42 Å². The van der Waals surface area contributed by atoms with Gasteiger partial charge in [-0.15, -0.1) is 0 Å². The predicted molar refractivity (Wildman–Crippen MR) is 50.5 cm³/mol. The second-order valence-electron chi connectivity index (χ2n) is 4.71. The quantitative estimate of drug-likeness (QED) is 0.421. The molecule has 5 atom stereocenters. The lowest BCUT2D eigenvalue weighted by molar-refractivity contribution is -0.206. The molecule has 0 spiro atoms. The maximum Gasteiger partial charge on any atom is 0.205 e. The fourth-order valence-electron chi connectivity index (χ4n) is 2.73. The van der Waals surface area contributed by atoms with E-state index in [1.54, 1.807) is 6.92 Å². The molecule has 15 heavy (non-hydrogen) atoms. The Morgan fingerprint density at radius 1 is 1.40 bits per heavy atom. The van der Waals surface area contributed by atoms with Crippen LogP contribution in [0.1, 0.15) is 20.3 Å². The molecule has 1 saturated carbocycles. The highest BCUT2D eigenvalue weighted by molar-refractivity contribution is 5.27. The number of fused-ring (bicyclic) bond motifs is 1. The van der Waals surface area contributed by atoms with Crippen molar-refractivity contribution in [3.05, 3.63) is 11.8 Å². The van der Waals surface area contributed by atoms with Crippen molar-refractivity contribution in [3.63, 3.8) is 0 Å². The average molecular weight is 216 g/mol. The first kappa shape index (κ1) is 10.9. The molecule has 0 bridgehead atoms. The zero-order valence-corrected chi connectivity index (χ0v) is 8.71. The Bertz CT molecular complexity index is 311. The summed E-state index contributed by atoms with van der Waals surface area (Å²) in [4.78, 5) is 0. The smallest absolute Gasteiger partial charge is 0.205 e. The van der Waals surface area contributed by atoms with Crippen LogP contribution < -0.4 is 0 Å². The minimum absolute atomic E-state index is 0.0137. The number of ether oxygens (including phenoxy) is 1. The van der Waals surface area contributed by atoms with E-state index in [2.05, 4.69) is 0 Å². The standard InChI is InChI=1S/C10H16O5/c1-5-4-15-8(12)7-9(2,13)3-6(11)10(5,7)14/h4,6-8,11-14H,3H2,1-2H3/t6-,7-,8-,9+,10-/m1/s1. The highest BCUT2D eigenvalue weighted by Crippen LogP contribution is 2.50. The third-order valence-corrected chi connectivity index (χ3v) is 3.56. The first-order valence-corrected chi connectivity index (χ1v) is 4.93. The Hall–Kier alpha value is -0.620. The minimum Gasteiger partial charge on any atom is -0.472 e. The summed E-state index contributed by atoms with van der Waals surface area (Å²) in [5, 5.41) is 39.8. The van der Waals surface area contributed by atoms with Gasteiger partial charge < -0.3 is 25.2 Å². The van der Waals surface area contributed by atoms with E-state index >= 15 is 0 Å². The third kappa shape index (κ3) is 1.24. The first-order valence-electron chi connectivity index (χ1n) is 4.93. The zero-order valence-electron chi connectivity index (χ0n) is 8.71. The molecule has 1 aliphatic heterocycles. The summed E-state index contributed by atoms with van der Waals surface area (Å²) < 4.78 is 4.92. The molecule has 0 aromatic carbocycles. The molecule has 0 aromatic heterocycles. The van der Waals surface area contributed by atoms with Gasteiger partial charge in [-0.2, -0.15) is 0 Å². The summed E-state index contributed by atoms with van der Waals surface area (Å²) in [6.07, 6.45) is -1.15. The lowest BCUT2D eigenvalue weighted by atomic mass is 9.77. The molecule has 1 aliphatic carbocycles. The van der Waals surface area contributed by atoms with Crippen LogP contribution in [0, 0.1) is 5.92 Å². The van der Waals surface area contributed by atoms with Crippen molar-refractivity contribution in [2.45, 2.75) is 43.9 Å². The van der Waals surface area contributed by atoms with Crippen LogP contribution in [0.15, 0.2) is 11.8 Å². The lowest BCUT2D eigenvalue weighted by Gasteiger charge is -2.41.